The molecular weight excluding hydrogens is 153 g/mol. The maximum atomic E-state index is 12.7. The topological polar surface area (TPSA) is 15.8 Å². The molecular formula is C10H12FN. The van der Waals surface area contributed by atoms with Crippen LogP contribution in [0.2, 0.25) is 0 Å². The van der Waals surface area contributed by atoms with E-state index in [9.17, 15) is 4.39 Å². The van der Waals surface area contributed by atoms with Crippen LogP contribution in [0.5, 0.6) is 0 Å². The third-order valence-corrected chi connectivity index (χ3v) is 1.68. The molecule has 0 fully saturated rings. The molecule has 0 bridgehead atoms. The Balaban J connectivity index is 3.03. The molecule has 2 heteroatoms. The van der Waals surface area contributed by atoms with Gasteiger partial charge in [0.25, 0.3) is 0 Å². The maximum absolute atomic E-state index is 12.7. The molecule has 64 valence electrons. The largest absolute Gasteiger partial charge is 0.362 e. The highest BCUT2D eigenvalue weighted by atomic mass is 19.1. The maximum Gasteiger partial charge on any atom is 0.123 e. The first-order valence-electron chi connectivity index (χ1n) is 3.79. The molecule has 0 saturated carbocycles. The molecule has 0 aliphatic rings. The molecule has 1 N–H and O–H groups in total. The van der Waals surface area contributed by atoms with Crippen LogP contribution in [-0.2, 0) is 0 Å². The summed E-state index contributed by atoms with van der Waals surface area (Å²) in [6.45, 7) is 7.19. The molecule has 1 nitrogen and oxygen atoms in total. The second-order valence-electron chi connectivity index (χ2n) is 2.77. The van der Waals surface area contributed by atoms with Crippen LogP contribution in [0.25, 0.3) is 6.08 Å². The molecule has 1 aromatic heterocycles. The van der Waals surface area contributed by atoms with Gasteiger partial charge in [0.1, 0.15) is 5.83 Å². The van der Waals surface area contributed by atoms with Gasteiger partial charge in [0.2, 0.25) is 0 Å². The standard InChI is InChI=1S/C10H12FN/c1-4-10(11)6-9-5-7(2)12-8(9)3/h4-6,12H,1H2,2-3H3/b10-6+. The lowest BCUT2D eigenvalue weighted by Gasteiger charge is -1.89. The summed E-state index contributed by atoms with van der Waals surface area (Å²) in [6, 6.07) is 1.90. The quantitative estimate of drug-likeness (QED) is 0.648. The molecule has 1 rings (SSSR count). The predicted octanol–water partition coefficient (Wildman–Crippen LogP) is 3.13. The van der Waals surface area contributed by atoms with Gasteiger partial charge >= 0.3 is 0 Å². The third-order valence-electron chi connectivity index (χ3n) is 1.68. The van der Waals surface area contributed by atoms with E-state index < -0.39 is 0 Å². The van der Waals surface area contributed by atoms with Gasteiger partial charge in [0.15, 0.2) is 0 Å². The summed E-state index contributed by atoms with van der Waals surface area (Å²) in [5.74, 6) is -0.308. The van der Waals surface area contributed by atoms with Gasteiger partial charge in [-0.1, -0.05) is 6.58 Å². The zero-order chi connectivity index (χ0) is 9.14. The molecule has 12 heavy (non-hydrogen) atoms. The van der Waals surface area contributed by atoms with Gasteiger partial charge in [-0.05, 0) is 37.6 Å². The molecule has 0 spiro atoms. The zero-order valence-electron chi connectivity index (χ0n) is 7.32. The average molecular weight is 165 g/mol. The van der Waals surface area contributed by atoms with Crippen molar-refractivity contribution in [2.75, 3.05) is 0 Å². The van der Waals surface area contributed by atoms with Crippen LogP contribution in [0.1, 0.15) is 17.0 Å². The number of hydrogen-bond acceptors (Lipinski definition) is 0. The van der Waals surface area contributed by atoms with E-state index in [1.807, 2.05) is 19.9 Å². The van der Waals surface area contributed by atoms with E-state index in [0.717, 1.165) is 17.0 Å². The van der Waals surface area contributed by atoms with E-state index in [-0.39, 0.29) is 5.83 Å². The number of aryl methyl sites for hydroxylation is 2. The third kappa shape index (κ3) is 1.84. The van der Waals surface area contributed by atoms with Crippen molar-refractivity contribution in [3.05, 3.63) is 41.5 Å². The van der Waals surface area contributed by atoms with Crippen molar-refractivity contribution in [1.82, 2.24) is 4.98 Å². The highest BCUT2D eigenvalue weighted by Crippen LogP contribution is 2.14. The highest BCUT2D eigenvalue weighted by molar-refractivity contribution is 5.56. The van der Waals surface area contributed by atoms with E-state index in [4.69, 9.17) is 0 Å². The van der Waals surface area contributed by atoms with Gasteiger partial charge in [-0.25, -0.2) is 4.39 Å². The lowest BCUT2D eigenvalue weighted by atomic mass is 10.2. The molecule has 0 amide bonds. The molecule has 1 heterocycles. The molecule has 0 atom stereocenters. The van der Waals surface area contributed by atoms with Crippen LogP contribution in [0, 0.1) is 13.8 Å². The van der Waals surface area contributed by atoms with Crippen molar-refractivity contribution in [2.24, 2.45) is 0 Å². The van der Waals surface area contributed by atoms with Crippen molar-refractivity contribution >= 4 is 6.08 Å². The summed E-state index contributed by atoms with van der Waals surface area (Å²) in [4.78, 5) is 3.09. The number of allylic oxidation sites excluding steroid dienone is 2. The first-order chi connectivity index (χ1) is 5.63. The molecule has 0 aromatic carbocycles. The second-order valence-corrected chi connectivity index (χ2v) is 2.77. The second kappa shape index (κ2) is 3.39. The number of aromatic nitrogens is 1. The molecule has 0 radical (unpaired) electrons. The monoisotopic (exact) mass is 165 g/mol. The van der Waals surface area contributed by atoms with Crippen molar-refractivity contribution in [2.45, 2.75) is 13.8 Å². The fourth-order valence-electron chi connectivity index (χ4n) is 1.10. The van der Waals surface area contributed by atoms with Crippen LogP contribution in [0.4, 0.5) is 4.39 Å². The summed E-state index contributed by atoms with van der Waals surface area (Å²) in [7, 11) is 0. The fraction of sp³-hybridized carbons (Fsp3) is 0.200. The minimum Gasteiger partial charge on any atom is -0.362 e. The predicted molar refractivity (Wildman–Crippen MR) is 49.5 cm³/mol. The van der Waals surface area contributed by atoms with Crippen molar-refractivity contribution < 1.29 is 4.39 Å². The Morgan fingerprint density at radius 3 is 2.67 bits per heavy atom. The van der Waals surface area contributed by atoms with Gasteiger partial charge in [-0.2, -0.15) is 0 Å². The number of nitrogens with one attached hydrogen (secondary N) is 1. The van der Waals surface area contributed by atoms with Gasteiger partial charge in [0, 0.05) is 11.4 Å². The Kier molecular flexibility index (Phi) is 2.48. The summed E-state index contributed by atoms with van der Waals surface area (Å²) in [5, 5.41) is 0. The van der Waals surface area contributed by atoms with E-state index in [0.29, 0.717) is 0 Å². The lowest BCUT2D eigenvalue weighted by Crippen LogP contribution is -1.74. The van der Waals surface area contributed by atoms with Crippen molar-refractivity contribution in [3.8, 4) is 0 Å². The van der Waals surface area contributed by atoms with Gasteiger partial charge < -0.3 is 4.98 Å². The Labute approximate surface area is 71.6 Å². The van der Waals surface area contributed by atoms with E-state index in [1.54, 1.807) is 0 Å². The number of halogens is 1. The summed E-state index contributed by atoms with van der Waals surface area (Å²) >= 11 is 0. The molecule has 0 aliphatic carbocycles. The highest BCUT2D eigenvalue weighted by Gasteiger charge is 1.98. The number of hydrogen-bond donors (Lipinski definition) is 1. The average Bonchev–Trinajstić information content (AvgIpc) is 2.30. The molecule has 1 aromatic rings. The van der Waals surface area contributed by atoms with Crippen LogP contribution < -0.4 is 0 Å². The Hall–Kier alpha value is -1.31. The van der Waals surface area contributed by atoms with E-state index in [2.05, 4.69) is 11.6 Å². The first-order valence-corrected chi connectivity index (χ1v) is 3.79. The normalized spacial score (nSPS) is 11.8. The Morgan fingerprint density at radius 2 is 2.25 bits per heavy atom. The zero-order valence-corrected chi connectivity index (χ0v) is 7.32. The SMILES string of the molecule is C=C/C(F)=C\c1cc(C)[nH]c1C. The van der Waals surface area contributed by atoms with Gasteiger partial charge in [-0.15, -0.1) is 0 Å². The number of H-pyrrole nitrogens is 1. The molecule has 0 aliphatic heterocycles. The number of aromatic amines is 1. The van der Waals surface area contributed by atoms with Crippen LogP contribution in [-0.4, -0.2) is 4.98 Å². The fourth-order valence-corrected chi connectivity index (χ4v) is 1.10. The van der Waals surface area contributed by atoms with Gasteiger partial charge in [0.05, 0.1) is 0 Å². The van der Waals surface area contributed by atoms with E-state index >= 15 is 0 Å². The summed E-state index contributed by atoms with van der Waals surface area (Å²) < 4.78 is 12.7. The number of rotatable bonds is 2. The lowest BCUT2D eigenvalue weighted by molar-refractivity contribution is 0.675. The van der Waals surface area contributed by atoms with Crippen molar-refractivity contribution in [3.63, 3.8) is 0 Å². The van der Waals surface area contributed by atoms with Crippen LogP contribution in [0.3, 0.4) is 0 Å². The summed E-state index contributed by atoms with van der Waals surface area (Å²) in [6.07, 6.45) is 2.66. The van der Waals surface area contributed by atoms with Crippen LogP contribution in [0.15, 0.2) is 24.5 Å². The minimum absolute atomic E-state index is 0.308. The Morgan fingerprint density at radius 1 is 1.58 bits per heavy atom. The smallest absolute Gasteiger partial charge is 0.123 e. The van der Waals surface area contributed by atoms with Crippen molar-refractivity contribution in [1.29, 1.82) is 0 Å². The van der Waals surface area contributed by atoms with Gasteiger partial charge in [-0.3, -0.25) is 0 Å². The molecule has 0 saturated heterocycles. The Bertz CT molecular complexity index is 321. The van der Waals surface area contributed by atoms with Crippen LogP contribution >= 0.6 is 0 Å². The first kappa shape index (κ1) is 8.78. The molecule has 0 unspecified atom stereocenters. The summed E-state index contributed by atoms with van der Waals surface area (Å²) in [5.41, 5.74) is 2.89. The minimum atomic E-state index is -0.308. The van der Waals surface area contributed by atoms with E-state index in [1.165, 1.54) is 12.2 Å².